The van der Waals surface area contributed by atoms with Gasteiger partial charge in [-0.05, 0) is 25.8 Å². The summed E-state index contributed by atoms with van der Waals surface area (Å²) in [6.45, 7) is 10.4. The van der Waals surface area contributed by atoms with Gasteiger partial charge in [0.1, 0.15) is 5.01 Å². The van der Waals surface area contributed by atoms with Gasteiger partial charge in [-0.2, -0.15) is 0 Å². The number of likely N-dealkylation sites (N-methyl/N-ethyl adjacent to an activating group) is 1. The Labute approximate surface area is 108 Å². The molecular weight excluding hydrogens is 232 g/mol. The Hall–Kier alpha value is -0.450. The van der Waals surface area contributed by atoms with Crippen LogP contribution in [0.4, 0.5) is 0 Å². The molecule has 96 valence electrons. The van der Waals surface area contributed by atoms with E-state index in [2.05, 4.69) is 38.4 Å². The summed E-state index contributed by atoms with van der Waals surface area (Å²) in [6, 6.07) is 0. The second-order valence-corrected chi connectivity index (χ2v) is 5.86. The predicted molar refractivity (Wildman–Crippen MR) is 71.6 cm³/mol. The van der Waals surface area contributed by atoms with Crippen molar-refractivity contribution < 1.29 is 4.74 Å². The van der Waals surface area contributed by atoms with E-state index in [0.29, 0.717) is 5.92 Å². The van der Waals surface area contributed by atoms with E-state index in [-0.39, 0.29) is 11.6 Å². The van der Waals surface area contributed by atoms with Gasteiger partial charge in [0.2, 0.25) is 0 Å². The van der Waals surface area contributed by atoms with Crippen LogP contribution >= 0.6 is 11.3 Å². The van der Waals surface area contributed by atoms with E-state index < -0.39 is 0 Å². The Morgan fingerprint density at radius 1 is 1.65 bits per heavy atom. The molecule has 0 spiro atoms. The highest BCUT2D eigenvalue weighted by molar-refractivity contribution is 7.09. The number of rotatable bonds is 4. The fourth-order valence-electron chi connectivity index (χ4n) is 2.40. The molecule has 3 nitrogen and oxygen atoms in total. The van der Waals surface area contributed by atoms with Crippen molar-refractivity contribution in [3.8, 4) is 0 Å². The lowest BCUT2D eigenvalue weighted by molar-refractivity contribution is 0.0825. The second kappa shape index (κ2) is 5.04. The molecule has 1 aliphatic heterocycles. The quantitative estimate of drug-likeness (QED) is 0.897. The fourth-order valence-corrected chi connectivity index (χ4v) is 3.67. The Morgan fingerprint density at radius 3 is 2.88 bits per heavy atom. The number of nitrogens with one attached hydrogen (secondary N) is 1. The highest BCUT2D eigenvalue weighted by atomic mass is 32.1. The number of thiazole rings is 1. The molecule has 1 saturated heterocycles. The van der Waals surface area contributed by atoms with Crippen molar-refractivity contribution in [2.45, 2.75) is 51.7 Å². The van der Waals surface area contributed by atoms with Crippen molar-refractivity contribution in [2.75, 3.05) is 13.2 Å². The summed E-state index contributed by atoms with van der Waals surface area (Å²) in [7, 11) is 0. The summed E-state index contributed by atoms with van der Waals surface area (Å²) in [6.07, 6.45) is 1.22. The fraction of sp³-hybridized carbons (Fsp3) is 0.769. The van der Waals surface area contributed by atoms with Crippen LogP contribution in [-0.2, 0) is 10.3 Å². The first-order valence-corrected chi connectivity index (χ1v) is 7.30. The summed E-state index contributed by atoms with van der Waals surface area (Å²) in [4.78, 5) is 4.81. The molecule has 0 bridgehead atoms. The van der Waals surface area contributed by atoms with Crippen LogP contribution in [0.3, 0.4) is 0 Å². The highest BCUT2D eigenvalue weighted by Crippen LogP contribution is 2.38. The molecule has 1 aromatic rings. The van der Waals surface area contributed by atoms with Crippen molar-refractivity contribution in [1.82, 2.24) is 10.3 Å². The van der Waals surface area contributed by atoms with E-state index in [1.807, 2.05) is 0 Å². The number of ether oxygens (including phenoxy) is 1. The van der Waals surface area contributed by atoms with Gasteiger partial charge in [-0.15, -0.1) is 11.3 Å². The molecule has 0 amide bonds. The topological polar surface area (TPSA) is 34.2 Å². The van der Waals surface area contributed by atoms with Crippen LogP contribution in [0.2, 0.25) is 0 Å². The van der Waals surface area contributed by atoms with E-state index in [1.165, 1.54) is 10.7 Å². The standard InChI is InChI=1S/C13H22N2OS/c1-5-14-13(6-7-16-10(13)4)12-15-11(8-17-12)9(2)3/h8-10,14H,5-7H2,1-4H3. The van der Waals surface area contributed by atoms with Gasteiger partial charge in [-0.1, -0.05) is 20.8 Å². The van der Waals surface area contributed by atoms with E-state index in [1.54, 1.807) is 11.3 Å². The van der Waals surface area contributed by atoms with Gasteiger partial charge in [-0.25, -0.2) is 4.98 Å². The third-order valence-electron chi connectivity index (χ3n) is 3.55. The molecule has 4 heteroatoms. The molecule has 2 atom stereocenters. The summed E-state index contributed by atoms with van der Waals surface area (Å²) >= 11 is 1.76. The number of hydrogen-bond acceptors (Lipinski definition) is 4. The molecule has 1 aromatic heterocycles. The monoisotopic (exact) mass is 254 g/mol. The lowest BCUT2D eigenvalue weighted by Gasteiger charge is -2.31. The summed E-state index contributed by atoms with van der Waals surface area (Å²) in [5.74, 6) is 0.497. The van der Waals surface area contributed by atoms with Crippen LogP contribution in [0.25, 0.3) is 0 Å². The molecule has 1 fully saturated rings. The van der Waals surface area contributed by atoms with Crippen molar-refractivity contribution >= 4 is 11.3 Å². The van der Waals surface area contributed by atoms with Gasteiger partial charge in [0.05, 0.1) is 17.3 Å². The van der Waals surface area contributed by atoms with Gasteiger partial charge in [0.25, 0.3) is 0 Å². The molecule has 1 aliphatic rings. The second-order valence-electron chi connectivity index (χ2n) is 5.00. The molecule has 0 saturated carbocycles. The molecule has 2 rings (SSSR count). The SMILES string of the molecule is CCNC1(c2nc(C(C)C)cs2)CCOC1C. The average molecular weight is 254 g/mol. The molecule has 1 N–H and O–H groups in total. The van der Waals surface area contributed by atoms with Crippen LogP contribution < -0.4 is 5.32 Å². The summed E-state index contributed by atoms with van der Waals surface area (Å²) in [5.41, 5.74) is 1.13. The van der Waals surface area contributed by atoms with Crippen LogP contribution in [0.1, 0.15) is 50.7 Å². The first-order valence-electron chi connectivity index (χ1n) is 6.42. The summed E-state index contributed by atoms with van der Waals surface area (Å²) in [5, 5.41) is 6.97. The van der Waals surface area contributed by atoms with E-state index >= 15 is 0 Å². The summed E-state index contributed by atoms with van der Waals surface area (Å²) < 4.78 is 5.75. The maximum Gasteiger partial charge on any atom is 0.116 e. The van der Waals surface area contributed by atoms with Crippen LogP contribution in [0, 0.1) is 0 Å². The smallest absolute Gasteiger partial charge is 0.116 e. The first-order chi connectivity index (χ1) is 8.10. The number of hydrogen-bond donors (Lipinski definition) is 1. The van der Waals surface area contributed by atoms with E-state index in [0.717, 1.165) is 19.6 Å². The number of nitrogens with zero attached hydrogens (tertiary/aromatic N) is 1. The largest absolute Gasteiger partial charge is 0.376 e. The van der Waals surface area contributed by atoms with Gasteiger partial charge in [-0.3, -0.25) is 0 Å². The highest BCUT2D eigenvalue weighted by Gasteiger charge is 2.44. The van der Waals surface area contributed by atoms with Gasteiger partial charge in [0.15, 0.2) is 0 Å². The zero-order chi connectivity index (χ0) is 12.5. The van der Waals surface area contributed by atoms with Crippen molar-refractivity contribution in [3.63, 3.8) is 0 Å². The Balaban J connectivity index is 2.32. The van der Waals surface area contributed by atoms with Crippen LogP contribution in [-0.4, -0.2) is 24.2 Å². The number of aromatic nitrogens is 1. The minimum atomic E-state index is -0.0629. The third-order valence-corrected chi connectivity index (χ3v) is 4.58. The Kier molecular flexibility index (Phi) is 3.85. The van der Waals surface area contributed by atoms with Gasteiger partial charge < -0.3 is 10.1 Å². The maximum absolute atomic E-state index is 5.75. The molecule has 2 unspecified atom stereocenters. The van der Waals surface area contributed by atoms with E-state index in [4.69, 9.17) is 9.72 Å². The predicted octanol–water partition coefficient (Wildman–Crippen LogP) is 2.88. The van der Waals surface area contributed by atoms with Crippen molar-refractivity contribution in [3.05, 3.63) is 16.1 Å². The minimum Gasteiger partial charge on any atom is -0.376 e. The zero-order valence-electron chi connectivity index (χ0n) is 11.1. The van der Waals surface area contributed by atoms with Crippen LogP contribution in [0.15, 0.2) is 5.38 Å². The van der Waals surface area contributed by atoms with E-state index in [9.17, 15) is 0 Å². The molecule has 0 aromatic carbocycles. The molecular formula is C13H22N2OS. The molecule has 2 heterocycles. The Morgan fingerprint density at radius 2 is 2.41 bits per heavy atom. The van der Waals surface area contributed by atoms with Crippen molar-refractivity contribution in [2.24, 2.45) is 0 Å². The first kappa shape index (κ1) is 13.0. The van der Waals surface area contributed by atoms with Gasteiger partial charge >= 0.3 is 0 Å². The average Bonchev–Trinajstić information content (AvgIpc) is 2.87. The zero-order valence-corrected chi connectivity index (χ0v) is 11.9. The molecule has 0 radical (unpaired) electrons. The van der Waals surface area contributed by atoms with Crippen molar-refractivity contribution in [1.29, 1.82) is 0 Å². The normalized spacial score (nSPS) is 29.1. The van der Waals surface area contributed by atoms with Crippen LogP contribution in [0.5, 0.6) is 0 Å². The lowest BCUT2D eigenvalue weighted by Crippen LogP contribution is -2.47. The maximum atomic E-state index is 5.75. The molecule has 17 heavy (non-hydrogen) atoms. The third kappa shape index (κ3) is 2.26. The Bertz CT molecular complexity index is 377. The molecule has 0 aliphatic carbocycles. The van der Waals surface area contributed by atoms with Gasteiger partial charge in [0, 0.05) is 12.0 Å². The lowest BCUT2D eigenvalue weighted by atomic mass is 9.92. The minimum absolute atomic E-state index is 0.0629.